The average molecular weight is 354 g/mol. The molecule has 6 nitrogen and oxygen atoms in total. The molecule has 0 aliphatic rings. The summed E-state index contributed by atoms with van der Waals surface area (Å²) in [7, 11) is 0. The number of rotatable bonds is 5. The van der Waals surface area contributed by atoms with Crippen molar-refractivity contribution in [3.05, 3.63) is 16.5 Å². The first-order valence-corrected chi connectivity index (χ1v) is 8.66. The minimum atomic E-state index is -0.881. The van der Waals surface area contributed by atoms with Crippen LogP contribution >= 0.6 is 11.3 Å². The van der Waals surface area contributed by atoms with Gasteiger partial charge >= 0.3 is 5.97 Å². The van der Waals surface area contributed by atoms with E-state index in [9.17, 15) is 14.4 Å². The van der Waals surface area contributed by atoms with Crippen molar-refractivity contribution >= 4 is 34.1 Å². The largest absolute Gasteiger partial charge is 0.448 e. The lowest BCUT2D eigenvalue weighted by Crippen LogP contribution is -2.39. The maximum absolute atomic E-state index is 12.3. The monoisotopic (exact) mass is 354 g/mol. The summed E-state index contributed by atoms with van der Waals surface area (Å²) >= 11 is 1.14. The maximum atomic E-state index is 12.3. The molecule has 134 valence electrons. The van der Waals surface area contributed by atoms with Crippen LogP contribution in [-0.4, -0.2) is 29.9 Å². The van der Waals surface area contributed by atoms with Crippen LogP contribution in [0.5, 0.6) is 0 Å². The Balaban J connectivity index is 2.79. The lowest BCUT2D eigenvalue weighted by Gasteiger charge is -2.16. The zero-order chi connectivity index (χ0) is 18.7. The number of amides is 2. The molecule has 7 heteroatoms. The van der Waals surface area contributed by atoms with E-state index in [0.717, 1.165) is 11.3 Å². The summed E-state index contributed by atoms with van der Waals surface area (Å²) < 4.78 is 5.21. The molecule has 0 saturated heterocycles. The molecule has 1 unspecified atom stereocenters. The van der Waals surface area contributed by atoms with Crippen molar-refractivity contribution < 1.29 is 19.1 Å². The van der Waals surface area contributed by atoms with Crippen LogP contribution in [0.2, 0.25) is 0 Å². The fraction of sp³-hybridized carbons (Fsp3) is 0.588. The molecule has 1 heterocycles. The number of carbonyl (C=O) groups excluding carboxylic acids is 3. The smallest absolute Gasteiger partial charge is 0.349 e. The van der Waals surface area contributed by atoms with Gasteiger partial charge in [0.1, 0.15) is 4.88 Å². The van der Waals surface area contributed by atoms with E-state index >= 15 is 0 Å². The van der Waals surface area contributed by atoms with Crippen LogP contribution in [0, 0.1) is 12.3 Å². The first kappa shape index (κ1) is 20.2. The fourth-order valence-electron chi connectivity index (χ4n) is 1.72. The topological polar surface area (TPSA) is 84.5 Å². The fourth-order valence-corrected chi connectivity index (χ4v) is 2.67. The van der Waals surface area contributed by atoms with E-state index < -0.39 is 17.5 Å². The van der Waals surface area contributed by atoms with Crippen molar-refractivity contribution in [2.45, 2.75) is 60.6 Å². The van der Waals surface area contributed by atoms with Gasteiger partial charge in [-0.2, -0.15) is 0 Å². The Kier molecular flexibility index (Phi) is 6.54. The van der Waals surface area contributed by atoms with Crippen LogP contribution < -0.4 is 10.6 Å². The van der Waals surface area contributed by atoms with Gasteiger partial charge in [-0.3, -0.25) is 9.59 Å². The molecule has 0 saturated carbocycles. The highest BCUT2D eigenvalue weighted by molar-refractivity contribution is 7.18. The Morgan fingerprint density at radius 3 is 2.25 bits per heavy atom. The molecule has 0 spiro atoms. The number of aryl methyl sites for hydroxylation is 1. The Hall–Kier alpha value is -1.89. The maximum Gasteiger partial charge on any atom is 0.349 e. The molecule has 0 aromatic carbocycles. The van der Waals surface area contributed by atoms with E-state index in [2.05, 4.69) is 10.6 Å². The van der Waals surface area contributed by atoms with Gasteiger partial charge in [0.25, 0.3) is 5.91 Å². The van der Waals surface area contributed by atoms with Crippen molar-refractivity contribution in [1.29, 1.82) is 0 Å². The second kappa shape index (κ2) is 7.79. The molecule has 1 aromatic rings. The molecular formula is C17H26N2O4S. The van der Waals surface area contributed by atoms with E-state index in [-0.39, 0.29) is 17.9 Å². The van der Waals surface area contributed by atoms with E-state index in [1.807, 2.05) is 34.6 Å². The summed E-state index contributed by atoms with van der Waals surface area (Å²) in [4.78, 5) is 36.5. The third kappa shape index (κ3) is 5.63. The highest BCUT2D eigenvalue weighted by atomic mass is 32.1. The molecule has 0 fully saturated rings. The van der Waals surface area contributed by atoms with Gasteiger partial charge in [-0.25, -0.2) is 4.79 Å². The lowest BCUT2D eigenvalue weighted by atomic mass is 9.96. The second-order valence-corrected chi connectivity index (χ2v) is 8.09. The minimum absolute atomic E-state index is 0.0265. The van der Waals surface area contributed by atoms with Gasteiger partial charge in [-0.05, 0) is 39.3 Å². The molecule has 24 heavy (non-hydrogen) atoms. The Morgan fingerprint density at radius 2 is 1.75 bits per heavy atom. The molecule has 1 atom stereocenters. The van der Waals surface area contributed by atoms with Crippen LogP contribution in [0.1, 0.15) is 56.8 Å². The quantitative estimate of drug-likeness (QED) is 0.796. The predicted molar refractivity (Wildman–Crippen MR) is 95.3 cm³/mol. The van der Waals surface area contributed by atoms with E-state index in [1.165, 1.54) is 6.92 Å². The Labute approximate surface area is 147 Å². The van der Waals surface area contributed by atoms with Gasteiger partial charge in [0.15, 0.2) is 6.10 Å². The summed E-state index contributed by atoms with van der Waals surface area (Å²) in [5, 5.41) is 6.07. The molecule has 0 bridgehead atoms. The molecule has 1 aromatic heterocycles. The van der Waals surface area contributed by atoms with Gasteiger partial charge in [0, 0.05) is 11.5 Å². The van der Waals surface area contributed by atoms with Crippen LogP contribution in [0.3, 0.4) is 0 Å². The normalized spacial score (nSPS) is 12.7. The molecular weight excluding hydrogens is 328 g/mol. The van der Waals surface area contributed by atoms with Crippen molar-refractivity contribution in [2.75, 3.05) is 5.32 Å². The zero-order valence-corrected chi connectivity index (χ0v) is 16.1. The molecule has 1 rings (SSSR count). The van der Waals surface area contributed by atoms with Gasteiger partial charge < -0.3 is 15.4 Å². The minimum Gasteiger partial charge on any atom is -0.448 e. The number of carbonyl (C=O) groups is 3. The summed E-state index contributed by atoms with van der Waals surface area (Å²) in [6.45, 7) is 12.4. The SMILES string of the molecule is Cc1cc(NC(=O)C(C)(C)C)sc1C(=O)OC(C)C(=O)NC(C)C. The van der Waals surface area contributed by atoms with Gasteiger partial charge in [0.05, 0.1) is 5.00 Å². The third-order valence-electron chi connectivity index (χ3n) is 3.11. The number of ether oxygens (including phenoxy) is 1. The first-order valence-electron chi connectivity index (χ1n) is 7.85. The lowest BCUT2D eigenvalue weighted by molar-refractivity contribution is -0.129. The molecule has 0 aliphatic carbocycles. The van der Waals surface area contributed by atoms with Crippen molar-refractivity contribution in [3.8, 4) is 0 Å². The average Bonchev–Trinajstić information content (AvgIpc) is 2.77. The summed E-state index contributed by atoms with van der Waals surface area (Å²) in [5.74, 6) is -1.04. The van der Waals surface area contributed by atoms with E-state index in [4.69, 9.17) is 4.74 Å². The van der Waals surface area contributed by atoms with E-state index in [1.54, 1.807) is 13.0 Å². The third-order valence-corrected chi connectivity index (χ3v) is 4.24. The number of anilines is 1. The summed E-state index contributed by atoms with van der Waals surface area (Å²) in [6, 6.07) is 1.70. The van der Waals surface area contributed by atoms with Crippen LogP contribution in [0.15, 0.2) is 6.07 Å². The van der Waals surface area contributed by atoms with Crippen LogP contribution in [-0.2, 0) is 14.3 Å². The summed E-state index contributed by atoms with van der Waals surface area (Å²) in [5.41, 5.74) is 0.174. The number of hydrogen-bond donors (Lipinski definition) is 2. The number of nitrogens with one attached hydrogen (secondary N) is 2. The molecule has 2 amide bonds. The predicted octanol–water partition coefficient (Wildman–Crippen LogP) is 3.11. The van der Waals surface area contributed by atoms with Crippen molar-refractivity contribution in [2.24, 2.45) is 5.41 Å². The van der Waals surface area contributed by atoms with Crippen molar-refractivity contribution in [1.82, 2.24) is 5.32 Å². The van der Waals surface area contributed by atoms with E-state index in [0.29, 0.717) is 15.4 Å². The van der Waals surface area contributed by atoms with Crippen LogP contribution in [0.25, 0.3) is 0 Å². The van der Waals surface area contributed by atoms with Gasteiger partial charge in [-0.1, -0.05) is 20.8 Å². The van der Waals surface area contributed by atoms with Crippen LogP contribution in [0.4, 0.5) is 5.00 Å². The highest BCUT2D eigenvalue weighted by Gasteiger charge is 2.25. The molecule has 2 N–H and O–H groups in total. The first-order chi connectivity index (χ1) is 10.9. The number of thiophene rings is 1. The molecule has 0 radical (unpaired) electrons. The van der Waals surface area contributed by atoms with Crippen molar-refractivity contribution in [3.63, 3.8) is 0 Å². The molecule has 0 aliphatic heterocycles. The standard InChI is InChI=1S/C17H26N2O4S/c1-9(2)18-14(20)11(4)23-15(21)13-10(3)8-12(24-13)19-16(22)17(5,6)7/h8-9,11H,1-7H3,(H,18,20)(H,19,22). The van der Waals surface area contributed by atoms with Gasteiger partial charge in [-0.15, -0.1) is 11.3 Å². The number of esters is 1. The Bertz CT molecular complexity index is 629. The highest BCUT2D eigenvalue weighted by Crippen LogP contribution is 2.29. The number of hydrogen-bond acceptors (Lipinski definition) is 5. The Morgan fingerprint density at radius 1 is 1.17 bits per heavy atom. The van der Waals surface area contributed by atoms with Gasteiger partial charge in [0.2, 0.25) is 5.91 Å². The second-order valence-electron chi connectivity index (χ2n) is 7.04. The zero-order valence-electron chi connectivity index (χ0n) is 15.3. The summed E-state index contributed by atoms with van der Waals surface area (Å²) in [6.07, 6.45) is -0.881.